The van der Waals surface area contributed by atoms with E-state index in [1.807, 2.05) is 11.9 Å². The number of likely N-dealkylation sites (N-methyl/N-ethyl adjacent to an activating group) is 1. The largest absolute Gasteiger partial charge is 0.359 e. The number of unbranched alkanes of at least 4 members (excludes halogenated alkanes) is 2. The van der Waals surface area contributed by atoms with Gasteiger partial charge in [-0.25, -0.2) is 0 Å². The molecule has 0 aromatic heterocycles. The minimum absolute atomic E-state index is 0.288. The monoisotopic (exact) mass is 255 g/mol. The predicted octanol–water partition coefficient (Wildman–Crippen LogP) is 0.503. The number of nitrogens with one attached hydrogen (secondary N) is 2. The summed E-state index contributed by atoms with van der Waals surface area (Å²) in [5.74, 6) is 0.288. The molecule has 0 aromatic rings. The van der Waals surface area contributed by atoms with Gasteiger partial charge in [-0.3, -0.25) is 9.59 Å². The Kier molecular flexibility index (Phi) is 7.41. The fraction of sp³-hybridized carbons (Fsp3) is 0.846. The maximum absolute atomic E-state index is 12.0. The number of amides is 2. The Morgan fingerprint density at radius 1 is 1.39 bits per heavy atom. The molecule has 2 amide bonds. The van der Waals surface area contributed by atoms with Crippen LogP contribution in [0.5, 0.6) is 0 Å². The van der Waals surface area contributed by atoms with Crippen LogP contribution in [0.25, 0.3) is 0 Å². The molecular weight excluding hydrogens is 230 g/mol. The molecule has 1 atom stereocenters. The Balaban J connectivity index is 2.13. The number of likely N-dealkylation sites (tertiary alicyclic amines) is 1. The molecule has 5 heteroatoms. The molecule has 0 spiro atoms. The van der Waals surface area contributed by atoms with Gasteiger partial charge >= 0.3 is 0 Å². The van der Waals surface area contributed by atoms with Crippen LogP contribution in [0.3, 0.4) is 0 Å². The molecule has 1 saturated heterocycles. The van der Waals surface area contributed by atoms with Crippen LogP contribution in [0.1, 0.15) is 38.5 Å². The van der Waals surface area contributed by atoms with Crippen LogP contribution in [-0.4, -0.2) is 49.9 Å². The summed E-state index contributed by atoms with van der Waals surface area (Å²) < 4.78 is 0. The molecule has 0 bridgehead atoms. The maximum Gasteiger partial charge on any atom is 0.222 e. The number of nitrogens with zero attached hydrogens (tertiary/aromatic N) is 1. The SMILES string of the molecule is CNCC1CCCN1C(=O)CCCCCNC=O. The van der Waals surface area contributed by atoms with E-state index < -0.39 is 0 Å². The molecular formula is C13H25N3O2. The molecule has 1 fully saturated rings. The fourth-order valence-electron chi connectivity index (χ4n) is 2.49. The summed E-state index contributed by atoms with van der Waals surface area (Å²) in [7, 11) is 1.93. The van der Waals surface area contributed by atoms with Crippen LogP contribution in [-0.2, 0) is 9.59 Å². The quantitative estimate of drug-likeness (QED) is 0.466. The zero-order valence-corrected chi connectivity index (χ0v) is 11.3. The molecule has 1 heterocycles. The third kappa shape index (κ3) is 5.04. The summed E-state index contributed by atoms with van der Waals surface area (Å²) in [6.07, 6.45) is 6.47. The normalized spacial score (nSPS) is 18.9. The topological polar surface area (TPSA) is 61.4 Å². The summed E-state index contributed by atoms with van der Waals surface area (Å²) in [5.41, 5.74) is 0. The van der Waals surface area contributed by atoms with Crippen molar-refractivity contribution >= 4 is 12.3 Å². The van der Waals surface area contributed by atoms with E-state index in [0.29, 0.717) is 19.0 Å². The van der Waals surface area contributed by atoms with Gasteiger partial charge in [0.25, 0.3) is 0 Å². The zero-order chi connectivity index (χ0) is 13.2. The number of rotatable bonds is 9. The number of hydrogen-bond donors (Lipinski definition) is 2. The van der Waals surface area contributed by atoms with Crippen molar-refractivity contribution in [2.24, 2.45) is 0 Å². The van der Waals surface area contributed by atoms with E-state index in [9.17, 15) is 9.59 Å². The molecule has 2 N–H and O–H groups in total. The first kappa shape index (κ1) is 15.0. The van der Waals surface area contributed by atoms with Crippen molar-refractivity contribution in [3.05, 3.63) is 0 Å². The van der Waals surface area contributed by atoms with Gasteiger partial charge < -0.3 is 15.5 Å². The van der Waals surface area contributed by atoms with E-state index in [0.717, 1.165) is 51.6 Å². The second-order valence-electron chi connectivity index (χ2n) is 4.82. The molecule has 5 nitrogen and oxygen atoms in total. The number of carbonyl (C=O) groups excluding carboxylic acids is 2. The van der Waals surface area contributed by atoms with Gasteiger partial charge in [0, 0.05) is 32.1 Å². The highest BCUT2D eigenvalue weighted by atomic mass is 16.2. The Morgan fingerprint density at radius 2 is 2.22 bits per heavy atom. The van der Waals surface area contributed by atoms with Gasteiger partial charge in [0.05, 0.1) is 0 Å². The molecule has 0 saturated carbocycles. The summed E-state index contributed by atoms with van der Waals surface area (Å²) in [6, 6.07) is 0.388. The Morgan fingerprint density at radius 3 is 2.94 bits per heavy atom. The molecule has 1 aliphatic rings. The molecule has 0 aromatic carbocycles. The first-order chi connectivity index (χ1) is 8.79. The molecule has 104 valence electrons. The molecule has 18 heavy (non-hydrogen) atoms. The fourth-order valence-corrected chi connectivity index (χ4v) is 2.49. The molecule has 1 rings (SSSR count). The Labute approximate surface area is 109 Å². The van der Waals surface area contributed by atoms with Gasteiger partial charge in [0.1, 0.15) is 0 Å². The Hall–Kier alpha value is -1.10. The maximum atomic E-state index is 12.0. The van der Waals surface area contributed by atoms with Crippen molar-refractivity contribution in [2.75, 3.05) is 26.7 Å². The van der Waals surface area contributed by atoms with Gasteiger partial charge in [-0.1, -0.05) is 6.42 Å². The minimum Gasteiger partial charge on any atom is -0.359 e. The highest BCUT2D eigenvalue weighted by molar-refractivity contribution is 5.76. The van der Waals surface area contributed by atoms with Crippen LogP contribution in [0, 0.1) is 0 Å². The highest BCUT2D eigenvalue weighted by Crippen LogP contribution is 2.18. The van der Waals surface area contributed by atoms with Crippen LogP contribution in [0.15, 0.2) is 0 Å². The van der Waals surface area contributed by atoms with E-state index in [-0.39, 0.29) is 5.91 Å². The lowest BCUT2D eigenvalue weighted by Crippen LogP contribution is -2.40. The van der Waals surface area contributed by atoms with Crippen LogP contribution in [0.4, 0.5) is 0 Å². The molecule has 0 radical (unpaired) electrons. The average molecular weight is 255 g/mol. The smallest absolute Gasteiger partial charge is 0.222 e. The van der Waals surface area contributed by atoms with E-state index in [1.54, 1.807) is 0 Å². The van der Waals surface area contributed by atoms with Crippen LogP contribution in [0.2, 0.25) is 0 Å². The van der Waals surface area contributed by atoms with Crippen molar-refractivity contribution in [3.8, 4) is 0 Å². The third-order valence-electron chi connectivity index (χ3n) is 3.43. The van der Waals surface area contributed by atoms with Gasteiger partial charge in [0.15, 0.2) is 0 Å². The van der Waals surface area contributed by atoms with E-state index in [1.165, 1.54) is 0 Å². The van der Waals surface area contributed by atoms with E-state index in [2.05, 4.69) is 10.6 Å². The second kappa shape index (κ2) is 8.91. The van der Waals surface area contributed by atoms with Crippen molar-refractivity contribution < 1.29 is 9.59 Å². The van der Waals surface area contributed by atoms with E-state index in [4.69, 9.17) is 0 Å². The lowest BCUT2D eigenvalue weighted by Gasteiger charge is -2.24. The summed E-state index contributed by atoms with van der Waals surface area (Å²) in [5, 5.41) is 5.78. The van der Waals surface area contributed by atoms with Gasteiger partial charge in [0.2, 0.25) is 12.3 Å². The highest BCUT2D eigenvalue weighted by Gasteiger charge is 2.27. The third-order valence-corrected chi connectivity index (χ3v) is 3.43. The van der Waals surface area contributed by atoms with Crippen molar-refractivity contribution in [1.29, 1.82) is 0 Å². The van der Waals surface area contributed by atoms with E-state index >= 15 is 0 Å². The standard InChI is InChI=1S/C13H25N3O2/c1-14-10-12-6-5-9-16(12)13(18)7-3-2-4-8-15-11-17/h11-12,14H,2-10H2,1H3,(H,15,17). The predicted molar refractivity (Wildman–Crippen MR) is 71.2 cm³/mol. The number of hydrogen-bond acceptors (Lipinski definition) is 3. The summed E-state index contributed by atoms with van der Waals surface area (Å²) in [4.78, 5) is 24.1. The van der Waals surface area contributed by atoms with Crippen molar-refractivity contribution in [1.82, 2.24) is 15.5 Å². The van der Waals surface area contributed by atoms with Crippen LogP contribution >= 0.6 is 0 Å². The lowest BCUT2D eigenvalue weighted by molar-refractivity contribution is -0.132. The first-order valence-corrected chi connectivity index (χ1v) is 6.90. The molecule has 1 aliphatic heterocycles. The number of carbonyl (C=O) groups is 2. The van der Waals surface area contributed by atoms with Crippen molar-refractivity contribution in [2.45, 2.75) is 44.6 Å². The summed E-state index contributed by atoms with van der Waals surface area (Å²) in [6.45, 7) is 2.52. The van der Waals surface area contributed by atoms with Crippen molar-refractivity contribution in [3.63, 3.8) is 0 Å². The average Bonchev–Trinajstić information content (AvgIpc) is 2.82. The van der Waals surface area contributed by atoms with Gasteiger partial charge in [-0.15, -0.1) is 0 Å². The lowest BCUT2D eigenvalue weighted by atomic mass is 10.1. The molecule has 0 aliphatic carbocycles. The summed E-state index contributed by atoms with van der Waals surface area (Å²) >= 11 is 0. The minimum atomic E-state index is 0.288. The first-order valence-electron chi connectivity index (χ1n) is 6.90. The van der Waals surface area contributed by atoms with Gasteiger partial charge in [-0.2, -0.15) is 0 Å². The van der Waals surface area contributed by atoms with Crippen LogP contribution < -0.4 is 10.6 Å². The van der Waals surface area contributed by atoms with Gasteiger partial charge in [-0.05, 0) is 32.7 Å². The zero-order valence-electron chi connectivity index (χ0n) is 11.3. The Bertz CT molecular complexity index is 259. The molecule has 1 unspecified atom stereocenters. The second-order valence-corrected chi connectivity index (χ2v) is 4.82.